The Balaban J connectivity index is 1.11. The summed E-state index contributed by atoms with van der Waals surface area (Å²) in [6.07, 6.45) is 8.93. The molecule has 224 valence electrons. The molecule has 41 heavy (non-hydrogen) atoms. The summed E-state index contributed by atoms with van der Waals surface area (Å²) in [5.74, 6) is 2.36. The van der Waals surface area contributed by atoms with Gasteiger partial charge in [-0.3, -0.25) is 4.79 Å². The molecule has 4 N–H and O–H groups in total. The minimum absolute atomic E-state index is 0.112. The number of halogens is 2. The van der Waals surface area contributed by atoms with Crippen molar-refractivity contribution in [1.82, 2.24) is 4.98 Å². The van der Waals surface area contributed by atoms with Crippen LogP contribution in [-0.4, -0.2) is 38.4 Å². The highest BCUT2D eigenvalue weighted by atomic mass is 79.9. The molecule has 0 aliphatic heterocycles. The summed E-state index contributed by atoms with van der Waals surface area (Å²) in [4.78, 5) is 15.7. The minimum Gasteiger partial charge on any atom is -0.493 e. The summed E-state index contributed by atoms with van der Waals surface area (Å²) in [5, 5.41) is 41.0. The van der Waals surface area contributed by atoms with E-state index in [0.29, 0.717) is 52.8 Å². The first-order chi connectivity index (χ1) is 19.4. The number of amides is 1. The fourth-order valence-corrected chi connectivity index (χ4v) is 11.5. The van der Waals surface area contributed by atoms with Crippen molar-refractivity contribution in [2.75, 3.05) is 0 Å². The average molecular weight is 694 g/mol. The van der Waals surface area contributed by atoms with Crippen molar-refractivity contribution in [2.24, 2.45) is 56.6 Å². The predicted molar refractivity (Wildman–Crippen MR) is 166 cm³/mol. The third-order valence-electron chi connectivity index (χ3n) is 12.3. The van der Waals surface area contributed by atoms with E-state index in [-0.39, 0.29) is 40.5 Å². The number of nitrogens with zero attached hydrogens (tertiary/aromatic N) is 2. The normalized spacial score (nSPS) is 39.4. The number of aromatic hydroxyl groups is 1. The maximum atomic E-state index is 12.8. The molecule has 0 radical (unpaired) electrons. The zero-order valence-electron chi connectivity index (χ0n) is 24.2. The summed E-state index contributed by atoms with van der Waals surface area (Å²) in [7, 11) is 0. The SMILES string of the molecule is CC(CCC(=O)N=Nc1c(O)[nH]c2c(Br)cc(Br)cc12)C1CCC2C3C(CCC12C)C1(C)CCC(O)CC1C[C@@H]3O. The van der Waals surface area contributed by atoms with E-state index in [4.69, 9.17) is 0 Å². The van der Waals surface area contributed by atoms with Crippen LogP contribution in [0.2, 0.25) is 0 Å². The Morgan fingerprint density at radius 2 is 1.80 bits per heavy atom. The zero-order valence-corrected chi connectivity index (χ0v) is 27.4. The molecule has 0 spiro atoms. The van der Waals surface area contributed by atoms with E-state index >= 15 is 0 Å². The molecular formula is C32H43Br2N3O4. The molecule has 4 aliphatic carbocycles. The second kappa shape index (κ2) is 11.0. The van der Waals surface area contributed by atoms with Gasteiger partial charge < -0.3 is 20.3 Å². The van der Waals surface area contributed by atoms with Crippen LogP contribution in [-0.2, 0) is 4.79 Å². The van der Waals surface area contributed by atoms with E-state index < -0.39 is 0 Å². The molecule has 1 amide bonds. The lowest BCUT2D eigenvalue weighted by Crippen LogP contribution is -2.58. The maximum Gasteiger partial charge on any atom is 0.264 e. The molecule has 4 aliphatic rings. The van der Waals surface area contributed by atoms with E-state index in [0.717, 1.165) is 60.3 Å². The Labute approximate surface area is 259 Å². The first-order valence-electron chi connectivity index (χ1n) is 15.4. The highest BCUT2D eigenvalue weighted by Crippen LogP contribution is 2.68. The van der Waals surface area contributed by atoms with Gasteiger partial charge in [0.05, 0.1) is 17.7 Å². The Bertz CT molecular complexity index is 1360. The van der Waals surface area contributed by atoms with Crippen LogP contribution in [0.4, 0.5) is 5.69 Å². The number of azo groups is 1. The zero-order chi connectivity index (χ0) is 29.3. The van der Waals surface area contributed by atoms with Crippen LogP contribution < -0.4 is 0 Å². The van der Waals surface area contributed by atoms with Gasteiger partial charge >= 0.3 is 0 Å². The van der Waals surface area contributed by atoms with Crippen molar-refractivity contribution < 1.29 is 20.1 Å². The van der Waals surface area contributed by atoms with Crippen molar-refractivity contribution in [3.05, 3.63) is 21.1 Å². The Kier molecular flexibility index (Phi) is 7.99. The first kappa shape index (κ1) is 29.8. The number of benzene rings is 1. The van der Waals surface area contributed by atoms with E-state index in [1.807, 2.05) is 12.1 Å². The number of rotatable bonds is 5. The number of H-pyrrole nitrogens is 1. The van der Waals surface area contributed by atoms with Gasteiger partial charge in [-0.1, -0.05) is 36.7 Å². The topological polar surface area (TPSA) is 118 Å². The number of carbonyl (C=O) groups excluding carboxylic acids is 1. The van der Waals surface area contributed by atoms with E-state index in [9.17, 15) is 20.1 Å². The summed E-state index contributed by atoms with van der Waals surface area (Å²) < 4.78 is 1.61. The molecule has 4 fully saturated rings. The summed E-state index contributed by atoms with van der Waals surface area (Å²) in [5.41, 5.74) is 1.38. The fraction of sp³-hybridized carbons (Fsp3) is 0.719. The summed E-state index contributed by atoms with van der Waals surface area (Å²) in [6, 6.07) is 3.71. The summed E-state index contributed by atoms with van der Waals surface area (Å²) >= 11 is 6.95. The monoisotopic (exact) mass is 691 g/mol. The van der Waals surface area contributed by atoms with E-state index in [1.165, 1.54) is 6.42 Å². The minimum atomic E-state index is -0.274. The molecule has 0 bridgehead atoms. The number of nitrogens with one attached hydrogen (secondary N) is 1. The van der Waals surface area contributed by atoms with Crippen molar-refractivity contribution >= 4 is 54.4 Å². The number of aliphatic hydroxyl groups is 2. The third-order valence-corrected chi connectivity index (χ3v) is 13.4. The number of aliphatic hydroxyl groups excluding tert-OH is 2. The molecule has 4 saturated carbocycles. The molecule has 6 rings (SSSR count). The van der Waals surface area contributed by atoms with Crippen LogP contribution in [0, 0.1) is 46.3 Å². The number of aromatic amines is 1. The van der Waals surface area contributed by atoms with Gasteiger partial charge in [-0.15, -0.1) is 10.2 Å². The lowest BCUT2D eigenvalue weighted by Gasteiger charge is -2.62. The molecule has 1 aromatic heterocycles. The quantitative estimate of drug-likeness (QED) is 0.235. The molecule has 2 aromatic rings. The molecular weight excluding hydrogens is 650 g/mol. The summed E-state index contributed by atoms with van der Waals surface area (Å²) in [6.45, 7) is 7.20. The van der Waals surface area contributed by atoms with Gasteiger partial charge in [0.15, 0.2) is 5.69 Å². The molecule has 9 unspecified atom stereocenters. The van der Waals surface area contributed by atoms with Gasteiger partial charge in [-0.2, -0.15) is 0 Å². The van der Waals surface area contributed by atoms with Gasteiger partial charge in [0.1, 0.15) is 0 Å². The van der Waals surface area contributed by atoms with Gasteiger partial charge in [0, 0.05) is 20.8 Å². The van der Waals surface area contributed by atoms with Crippen molar-refractivity contribution in [2.45, 2.75) is 97.2 Å². The van der Waals surface area contributed by atoms with Crippen molar-refractivity contribution in [3.63, 3.8) is 0 Å². The van der Waals surface area contributed by atoms with Crippen LogP contribution in [0.5, 0.6) is 5.88 Å². The smallest absolute Gasteiger partial charge is 0.264 e. The van der Waals surface area contributed by atoms with Crippen molar-refractivity contribution in [3.8, 4) is 5.88 Å². The van der Waals surface area contributed by atoms with E-state index in [2.05, 4.69) is 67.8 Å². The first-order valence-corrected chi connectivity index (χ1v) is 17.0. The molecule has 0 saturated heterocycles. The van der Waals surface area contributed by atoms with Crippen LogP contribution in [0.15, 0.2) is 31.3 Å². The Morgan fingerprint density at radius 1 is 1.07 bits per heavy atom. The lowest BCUT2D eigenvalue weighted by molar-refractivity contribution is -0.174. The number of hydrogen-bond acceptors (Lipinski definition) is 5. The highest BCUT2D eigenvalue weighted by molar-refractivity contribution is 9.11. The number of fused-ring (bicyclic) bond motifs is 6. The second-order valence-corrected chi connectivity index (χ2v) is 16.0. The molecule has 1 aromatic carbocycles. The second-order valence-electron chi connectivity index (χ2n) is 14.2. The van der Waals surface area contributed by atoms with Crippen LogP contribution in [0.3, 0.4) is 0 Å². The maximum absolute atomic E-state index is 12.8. The Hall–Kier alpha value is -1.29. The van der Waals surface area contributed by atoms with Crippen LogP contribution in [0.25, 0.3) is 10.9 Å². The van der Waals surface area contributed by atoms with Gasteiger partial charge in [0.2, 0.25) is 5.88 Å². The van der Waals surface area contributed by atoms with Gasteiger partial charge in [-0.25, -0.2) is 0 Å². The highest BCUT2D eigenvalue weighted by Gasteiger charge is 2.62. The molecule has 9 heteroatoms. The third kappa shape index (κ3) is 5.04. The van der Waals surface area contributed by atoms with Gasteiger partial charge in [0.25, 0.3) is 5.91 Å². The largest absolute Gasteiger partial charge is 0.493 e. The molecule has 7 nitrogen and oxygen atoms in total. The van der Waals surface area contributed by atoms with E-state index in [1.54, 1.807) is 0 Å². The van der Waals surface area contributed by atoms with Gasteiger partial charge in [-0.05, 0) is 132 Å². The standard InChI is InChI=1S/C32H43Br2N3O4/c1-16(4-7-26(40)36-37-29-20-14-18(33)15-24(34)28(20)35-30(29)41)21-5-6-22-27-23(9-11-32(21,22)3)31(2)10-8-19(38)12-17(31)13-25(27)39/h14-17,19,21-23,25,27,35,38-39,41H,4-13H2,1-3H3/t16?,17?,19?,21?,22?,23?,25-,27?,31?,32?/m0/s1. The number of hydrogen-bond donors (Lipinski definition) is 4. The Morgan fingerprint density at radius 3 is 2.59 bits per heavy atom. The van der Waals surface area contributed by atoms with Crippen LogP contribution in [0.1, 0.15) is 85.0 Å². The fourth-order valence-electron chi connectivity index (χ4n) is 10.2. The average Bonchev–Trinajstić information content (AvgIpc) is 3.43. The van der Waals surface area contributed by atoms with Crippen molar-refractivity contribution in [1.29, 1.82) is 0 Å². The number of aromatic nitrogens is 1. The molecule has 10 atom stereocenters. The van der Waals surface area contributed by atoms with Crippen LogP contribution >= 0.6 is 31.9 Å². The lowest BCUT2D eigenvalue weighted by atomic mass is 9.43. The predicted octanol–water partition coefficient (Wildman–Crippen LogP) is 8.42. The number of carbonyl (C=O) groups is 1. The molecule has 1 heterocycles.